The van der Waals surface area contributed by atoms with E-state index in [1.165, 1.54) is 22.8 Å². The van der Waals surface area contributed by atoms with Gasteiger partial charge in [-0.1, -0.05) is 17.7 Å². The summed E-state index contributed by atoms with van der Waals surface area (Å²) in [7, 11) is -3.53. The number of anilines is 1. The molecular weight excluding hydrogens is 448 g/mol. The van der Waals surface area contributed by atoms with Gasteiger partial charge in [0.1, 0.15) is 5.82 Å². The molecule has 1 fully saturated rings. The van der Waals surface area contributed by atoms with E-state index in [-0.39, 0.29) is 11.8 Å². The summed E-state index contributed by atoms with van der Waals surface area (Å²) >= 11 is 0. The number of nitrogens with zero attached hydrogens (tertiary/aromatic N) is 3. The van der Waals surface area contributed by atoms with Crippen LogP contribution >= 0.6 is 0 Å². The first kappa shape index (κ1) is 22.8. The van der Waals surface area contributed by atoms with Crippen molar-refractivity contribution in [1.82, 2.24) is 13.9 Å². The highest BCUT2D eigenvalue weighted by Gasteiger charge is 2.32. The quantitative estimate of drug-likeness (QED) is 0.595. The van der Waals surface area contributed by atoms with Crippen LogP contribution < -0.4 is 5.32 Å². The van der Waals surface area contributed by atoms with Gasteiger partial charge in [0.15, 0.2) is 0 Å². The fourth-order valence-electron chi connectivity index (χ4n) is 4.83. The number of piperidine rings is 1. The summed E-state index contributed by atoms with van der Waals surface area (Å²) in [5, 5.41) is 3.00. The number of aryl methyl sites for hydroxylation is 2. The minimum atomic E-state index is -3.53. The standard InChI is InChI=1S/C26H30N4O3S/c1-19-5-11-24(12-6-19)34(32,33)29-16-13-21(14-17-29)26(31)28-22-9-7-20(8-10-22)25-27-18-23-4-2-3-15-30(23)25/h5-12,18,21H,2-4,13-17H2,1H3,(H,28,31). The molecule has 3 aromatic rings. The van der Waals surface area contributed by atoms with E-state index in [2.05, 4.69) is 14.9 Å². The third-order valence-electron chi connectivity index (χ3n) is 6.90. The smallest absolute Gasteiger partial charge is 0.243 e. The maximum absolute atomic E-state index is 12.9. The Bertz CT molecular complexity index is 1270. The van der Waals surface area contributed by atoms with Gasteiger partial charge in [0, 0.05) is 48.7 Å². The highest BCUT2D eigenvalue weighted by Crippen LogP contribution is 2.27. The van der Waals surface area contributed by atoms with Crippen molar-refractivity contribution in [2.75, 3.05) is 18.4 Å². The zero-order valence-electron chi connectivity index (χ0n) is 19.4. The number of rotatable bonds is 5. The third kappa shape index (κ3) is 4.52. The van der Waals surface area contributed by atoms with Crippen LogP contribution in [-0.2, 0) is 27.8 Å². The van der Waals surface area contributed by atoms with E-state index in [1.807, 2.05) is 37.4 Å². The molecule has 1 aromatic heterocycles. The predicted octanol–water partition coefficient (Wildman–Crippen LogP) is 4.23. The molecular formula is C26H30N4O3S. The van der Waals surface area contributed by atoms with Gasteiger partial charge in [-0.25, -0.2) is 13.4 Å². The van der Waals surface area contributed by atoms with Gasteiger partial charge in [-0.15, -0.1) is 0 Å². The highest BCUT2D eigenvalue weighted by molar-refractivity contribution is 7.89. The Hall–Kier alpha value is -2.97. The van der Waals surface area contributed by atoms with Crippen molar-refractivity contribution >= 4 is 21.6 Å². The van der Waals surface area contributed by atoms with Crippen molar-refractivity contribution in [3.63, 3.8) is 0 Å². The summed E-state index contributed by atoms with van der Waals surface area (Å²) in [5.41, 5.74) is 4.09. The second-order valence-corrected chi connectivity index (χ2v) is 11.2. The number of imidazole rings is 1. The molecule has 2 aliphatic heterocycles. The van der Waals surface area contributed by atoms with Crippen LogP contribution in [-0.4, -0.2) is 41.3 Å². The van der Waals surface area contributed by atoms with Crippen molar-refractivity contribution in [1.29, 1.82) is 0 Å². The van der Waals surface area contributed by atoms with E-state index in [4.69, 9.17) is 0 Å². The lowest BCUT2D eigenvalue weighted by Gasteiger charge is -2.30. The molecule has 8 heteroatoms. The van der Waals surface area contributed by atoms with Gasteiger partial charge < -0.3 is 9.88 Å². The number of amides is 1. The molecule has 0 bridgehead atoms. The maximum Gasteiger partial charge on any atom is 0.243 e. The van der Waals surface area contributed by atoms with E-state index in [0.29, 0.717) is 30.8 Å². The first-order valence-corrected chi connectivity index (χ1v) is 13.4. The number of fused-ring (bicyclic) bond motifs is 1. The van der Waals surface area contributed by atoms with Crippen molar-refractivity contribution in [2.24, 2.45) is 5.92 Å². The van der Waals surface area contributed by atoms with Crippen LogP contribution in [0.1, 0.15) is 36.9 Å². The molecule has 5 rings (SSSR count). The number of carbonyl (C=O) groups excluding carboxylic acids is 1. The molecule has 1 amide bonds. The van der Waals surface area contributed by atoms with Gasteiger partial charge in [-0.05, 0) is 75.4 Å². The number of carbonyl (C=O) groups is 1. The molecule has 0 atom stereocenters. The van der Waals surface area contributed by atoms with Gasteiger partial charge in [-0.3, -0.25) is 4.79 Å². The van der Waals surface area contributed by atoms with E-state index in [9.17, 15) is 13.2 Å². The number of hydrogen-bond acceptors (Lipinski definition) is 4. The average molecular weight is 479 g/mol. The minimum Gasteiger partial charge on any atom is -0.328 e. The van der Waals surface area contributed by atoms with Crippen LogP contribution in [0.2, 0.25) is 0 Å². The Labute approximate surface area is 200 Å². The molecule has 0 spiro atoms. The van der Waals surface area contributed by atoms with E-state index in [1.54, 1.807) is 24.3 Å². The van der Waals surface area contributed by atoms with E-state index in [0.717, 1.165) is 35.6 Å². The molecule has 1 N–H and O–H groups in total. The molecule has 2 aliphatic rings. The summed E-state index contributed by atoms with van der Waals surface area (Å²) < 4.78 is 29.6. The van der Waals surface area contributed by atoms with E-state index >= 15 is 0 Å². The monoisotopic (exact) mass is 478 g/mol. The molecule has 0 unspecified atom stereocenters. The summed E-state index contributed by atoms with van der Waals surface area (Å²) in [6, 6.07) is 14.7. The van der Waals surface area contributed by atoms with Crippen molar-refractivity contribution in [2.45, 2.75) is 50.5 Å². The molecule has 34 heavy (non-hydrogen) atoms. The van der Waals surface area contributed by atoms with Crippen molar-refractivity contribution in [3.8, 4) is 11.4 Å². The average Bonchev–Trinajstić information content (AvgIpc) is 3.29. The Morgan fingerprint density at radius 3 is 2.38 bits per heavy atom. The zero-order valence-corrected chi connectivity index (χ0v) is 20.2. The first-order chi connectivity index (χ1) is 16.4. The maximum atomic E-state index is 12.9. The molecule has 1 saturated heterocycles. The van der Waals surface area contributed by atoms with Gasteiger partial charge >= 0.3 is 0 Å². The zero-order chi connectivity index (χ0) is 23.7. The Kier molecular flexibility index (Phi) is 6.27. The van der Waals surface area contributed by atoms with E-state index < -0.39 is 10.0 Å². The number of aromatic nitrogens is 2. The topological polar surface area (TPSA) is 84.3 Å². The fraction of sp³-hybridized carbons (Fsp3) is 0.385. The minimum absolute atomic E-state index is 0.0571. The normalized spacial score (nSPS) is 17.3. The van der Waals surface area contributed by atoms with Gasteiger partial charge in [0.05, 0.1) is 4.90 Å². The molecule has 178 valence electrons. The van der Waals surface area contributed by atoms with Crippen LogP contribution in [0.5, 0.6) is 0 Å². The van der Waals surface area contributed by atoms with Gasteiger partial charge in [0.25, 0.3) is 0 Å². The third-order valence-corrected chi connectivity index (χ3v) is 8.81. The van der Waals surface area contributed by atoms with Gasteiger partial charge in [0.2, 0.25) is 15.9 Å². The number of hydrogen-bond donors (Lipinski definition) is 1. The molecule has 3 heterocycles. The summed E-state index contributed by atoms with van der Waals surface area (Å²) in [5.74, 6) is 0.719. The van der Waals surface area contributed by atoms with Crippen LogP contribution in [0.15, 0.2) is 59.6 Å². The molecule has 0 aliphatic carbocycles. The summed E-state index contributed by atoms with van der Waals surface area (Å²) in [4.78, 5) is 17.8. The molecule has 0 saturated carbocycles. The largest absolute Gasteiger partial charge is 0.328 e. The summed E-state index contributed by atoms with van der Waals surface area (Å²) in [6.45, 7) is 3.62. The summed E-state index contributed by atoms with van der Waals surface area (Å²) in [6.07, 6.45) is 6.45. The molecule has 0 radical (unpaired) electrons. The number of nitrogens with one attached hydrogen (secondary N) is 1. The second-order valence-electron chi connectivity index (χ2n) is 9.24. The van der Waals surface area contributed by atoms with Crippen LogP contribution in [0.4, 0.5) is 5.69 Å². The van der Waals surface area contributed by atoms with Crippen molar-refractivity contribution in [3.05, 3.63) is 66.0 Å². The fourth-order valence-corrected chi connectivity index (χ4v) is 6.30. The molecule has 7 nitrogen and oxygen atoms in total. The number of benzene rings is 2. The Morgan fingerprint density at radius 1 is 0.971 bits per heavy atom. The van der Waals surface area contributed by atoms with Crippen LogP contribution in [0.25, 0.3) is 11.4 Å². The lowest BCUT2D eigenvalue weighted by atomic mass is 9.97. The predicted molar refractivity (Wildman–Crippen MR) is 132 cm³/mol. The van der Waals surface area contributed by atoms with Crippen LogP contribution in [0, 0.1) is 12.8 Å². The Morgan fingerprint density at radius 2 is 1.68 bits per heavy atom. The first-order valence-electron chi connectivity index (χ1n) is 11.9. The number of sulfonamides is 1. The lowest BCUT2D eigenvalue weighted by Crippen LogP contribution is -2.41. The SMILES string of the molecule is Cc1ccc(S(=O)(=O)N2CCC(C(=O)Nc3ccc(-c4ncc5n4CCCC5)cc3)CC2)cc1. The van der Waals surface area contributed by atoms with Crippen molar-refractivity contribution < 1.29 is 13.2 Å². The van der Waals surface area contributed by atoms with Crippen LogP contribution in [0.3, 0.4) is 0 Å². The molecule has 2 aromatic carbocycles. The highest BCUT2D eigenvalue weighted by atomic mass is 32.2. The lowest BCUT2D eigenvalue weighted by molar-refractivity contribution is -0.120. The second kappa shape index (κ2) is 9.35. The van der Waals surface area contributed by atoms with Gasteiger partial charge in [-0.2, -0.15) is 4.31 Å². The Balaban J connectivity index is 1.19.